The minimum atomic E-state index is -0.506. The third-order valence-corrected chi connectivity index (χ3v) is 3.74. The van der Waals surface area contributed by atoms with Crippen molar-refractivity contribution in [3.8, 4) is 0 Å². The van der Waals surface area contributed by atoms with E-state index in [0.717, 1.165) is 14.9 Å². The van der Waals surface area contributed by atoms with Crippen molar-refractivity contribution in [1.29, 1.82) is 0 Å². The first kappa shape index (κ1) is 14.5. The summed E-state index contributed by atoms with van der Waals surface area (Å²) in [4.78, 5) is 12.1. The van der Waals surface area contributed by atoms with Gasteiger partial charge in [-0.1, -0.05) is 22.0 Å². The normalized spacial score (nSPS) is 12.2. The lowest BCUT2D eigenvalue weighted by Crippen LogP contribution is -2.06. The van der Waals surface area contributed by atoms with Crippen LogP contribution >= 0.6 is 27.7 Å². The zero-order valence-electron chi connectivity index (χ0n) is 9.77. The minimum absolute atomic E-state index is 0.215. The maximum Gasteiger partial charge on any atom is 0.316 e. The highest BCUT2D eigenvalue weighted by atomic mass is 79.9. The van der Waals surface area contributed by atoms with Crippen molar-refractivity contribution in [2.24, 2.45) is 0 Å². The van der Waals surface area contributed by atoms with Crippen LogP contribution in [0, 0.1) is 0 Å². The molecule has 0 saturated heterocycles. The number of aliphatic hydroxyl groups excluding tert-OH is 1. The molecule has 3 nitrogen and oxygen atoms in total. The fourth-order valence-electron chi connectivity index (χ4n) is 1.28. The number of carbonyl (C=O) groups excluding carboxylic acids is 1. The van der Waals surface area contributed by atoms with E-state index in [2.05, 4.69) is 15.9 Å². The first-order valence-corrected chi connectivity index (χ1v) is 7.08. The van der Waals surface area contributed by atoms with Crippen molar-refractivity contribution >= 4 is 33.7 Å². The number of benzene rings is 1. The molecule has 1 rings (SSSR count). The van der Waals surface area contributed by atoms with Gasteiger partial charge >= 0.3 is 5.97 Å². The molecule has 0 radical (unpaired) electrons. The van der Waals surface area contributed by atoms with E-state index < -0.39 is 6.10 Å². The molecule has 0 aliphatic carbocycles. The van der Waals surface area contributed by atoms with Crippen LogP contribution in [0.5, 0.6) is 0 Å². The highest BCUT2D eigenvalue weighted by Gasteiger charge is 2.08. The molecule has 0 aliphatic heterocycles. The van der Waals surface area contributed by atoms with Gasteiger partial charge in [-0.05, 0) is 31.5 Å². The Kier molecular flexibility index (Phi) is 6.02. The highest BCUT2D eigenvalue weighted by Crippen LogP contribution is 2.28. The van der Waals surface area contributed by atoms with Gasteiger partial charge in [-0.2, -0.15) is 0 Å². The van der Waals surface area contributed by atoms with Gasteiger partial charge < -0.3 is 9.84 Å². The van der Waals surface area contributed by atoms with E-state index in [1.807, 2.05) is 18.2 Å². The molecule has 0 aromatic heterocycles. The maximum atomic E-state index is 11.2. The Balaban J connectivity index is 2.62. The first-order valence-electron chi connectivity index (χ1n) is 5.30. The summed E-state index contributed by atoms with van der Waals surface area (Å²) in [6, 6.07) is 5.63. The Bertz CT molecular complexity index is 393. The molecule has 0 aliphatic rings. The van der Waals surface area contributed by atoms with Gasteiger partial charge in [0.25, 0.3) is 0 Å². The van der Waals surface area contributed by atoms with Gasteiger partial charge in [0.2, 0.25) is 0 Å². The maximum absolute atomic E-state index is 11.2. The highest BCUT2D eigenvalue weighted by molar-refractivity contribution is 9.10. The van der Waals surface area contributed by atoms with Crippen LogP contribution in [0.2, 0.25) is 0 Å². The molecule has 0 saturated carbocycles. The fourth-order valence-corrected chi connectivity index (χ4v) is 2.88. The molecule has 0 heterocycles. The van der Waals surface area contributed by atoms with Crippen LogP contribution in [0.3, 0.4) is 0 Å². The molecule has 1 atom stereocenters. The molecule has 5 heteroatoms. The fraction of sp³-hybridized carbons (Fsp3) is 0.417. The average Bonchev–Trinajstić information content (AvgIpc) is 2.26. The first-order chi connectivity index (χ1) is 8.04. The molecular weight excluding hydrogens is 304 g/mol. The van der Waals surface area contributed by atoms with Gasteiger partial charge in [0.05, 0.1) is 18.5 Å². The number of ether oxygens (including phenoxy) is 1. The van der Waals surface area contributed by atoms with Crippen molar-refractivity contribution in [2.45, 2.75) is 24.8 Å². The molecule has 1 N–H and O–H groups in total. The summed E-state index contributed by atoms with van der Waals surface area (Å²) in [6.45, 7) is 3.91. The van der Waals surface area contributed by atoms with E-state index in [0.29, 0.717) is 12.4 Å². The average molecular weight is 319 g/mol. The summed E-state index contributed by atoms with van der Waals surface area (Å²) in [5.41, 5.74) is 0.838. The lowest BCUT2D eigenvalue weighted by atomic mass is 10.1. The number of thioether (sulfide) groups is 1. The Morgan fingerprint density at radius 3 is 2.82 bits per heavy atom. The number of aliphatic hydroxyl groups is 1. The number of esters is 1. The molecule has 0 bridgehead atoms. The van der Waals surface area contributed by atoms with E-state index in [1.165, 1.54) is 11.8 Å². The molecule has 0 unspecified atom stereocenters. The predicted molar refractivity (Wildman–Crippen MR) is 72.1 cm³/mol. The summed E-state index contributed by atoms with van der Waals surface area (Å²) in [5, 5.41) is 9.47. The molecule has 0 spiro atoms. The quantitative estimate of drug-likeness (QED) is 0.669. The number of carbonyl (C=O) groups is 1. The van der Waals surface area contributed by atoms with E-state index in [1.54, 1.807) is 13.8 Å². The van der Waals surface area contributed by atoms with Crippen LogP contribution in [0.1, 0.15) is 25.5 Å². The summed E-state index contributed by atoms with van der Waals surface area (Å²) >= 11 is 4.81. The van der Waals surface area contributed by atoms with Crippen molar-refractivity contribution in [3.05, 3.63) is 28.2 Å². The number of halogens is 1. The second kappa shape index (κ2) is 7.03. The van der Waals surface area contributed by atoms with Gasteiger partial charge in [-0.15, -0.1) is 11.8 Å². The lowest BCUT2D eigenvalue weighted by Gasteiger charge is -2.09. The standard InChI is InChI=1S/C12H15BrO3S/c1-3-16-12(15)7-17-9-4-5-10(8(2)14)11(13)6-9/h4-6,8,14H,3,7H2,1-2H3/t8-/m1/s1. The van der Waals surface area contributed by atoms with Gasteiger partial charge in [0.15, 0.2) is 0 Å². The third-order valence-electron chi connectivity index (χ3n) is 2.08. The predicted octanol–water partition coefficient (Wildman–Crippen LogP) is 3.16. The smallest absolute Gasteiger partial charge is 0.316 e. The van der Waals surface area contributed by atoms with Crippen LogP contribution in [0.4, 0.5) is 0 Å². The largest absolute Gasteiger partial charge is 0.465 e. The van der Waals surface area contributed by atoms with Crippen molar-refractivity contribution in [3.63, 3.8) is 0 Å². The van der Waals surface area contributed by atoms with Gasteiger partial charge in [-0.3, -0.25) is 4.79 Å². The van der Waals surface area contributed by atoms with E-state index in [4.69, 9.17) is 4.74 Å². The van der Waals surface area contributed by atoms with Gasteiger partial charge in [-0.25, -0.2) is 0 Å². The van der Waals surface area contributed by atoms with Gasteiger partial charge in [0, 0.05) is 9.37 Å². The molecule has 17 heavy (non-hydrogen) atoms. The van der Waals surface area contributed by atoms with Crippen LogP contribution in [-0.4, -0.2) is 23.4 Å². The Hall–Kier alpha value is -0.520. The summed E-state index contributed by atoms with van der Waals surface area (Å²) in [6.07, 6.45) is -0.506. The Labute approximate surface area is 114 Å². The van der Waals surface area contributed by atoms with Crippen LogP contribution in [0.25, 0.3) is 0 Å². The van der Waals surface area contributed by atoms with E-state index in [-0.39, 0.29) is 5.97 Å². The Morgan fingerprint density at radius 2 is 2.29 bits per heavy atom. The van der Waals surface area contributed by atoms with Gasteiger partial charge in [0.1, 0.15) is 0 Å². The van der Waals surface area contributed by atoms with Crippen LogP contribution < -0.4 is 0 Å². The number of hydrogen-bond donors (Lipinski definition) is 1. The van der Waals surface area contributed by atoms with Crippen LogP contribution in [0.15, 0.2) is 27.6 Å². The Morgan fingerprint density at radius 1 is 1.59 bits per heavy atom. The number of rotatable bonds is 5. The minimum Gasteiger partial charge on any atom is -0.465 e. The van der Waals surface area contributed by atoms with Crippen molar-refractivity contribution < 1.29 is 14.6 Å². The molecule has 0 amide bonds. The molecule has 94 valence electrons. The van der Waals surface area contributed by atoms with E-state index >= 15 is 0 Å². The SMILES string of the molecule is CCOC(=O)CSc1ccc([C@@H](C)O)c(Br)c1. The summed E-state index contributed by atoms with van der Waals surface area (Å²) < 4.78 is 5.69. The topological polar surface area (TPSA) is 46.5 Å². The van der Waals surface area contributed by atoms with Crippen molar-refractivity contribution in [2.75, 3.05) is 12.4 Å². The summed E-state index contributed by atoms with van der Waals surface area (Å²) in [7, 11) is 0. The lowest BCUT2D eigenvalue weighted by molar-refractivity contribution is -0.139. The zero-order valence-corrected chi connectivity index (χ0v) is 12.2. The molecular formula is C12H15BrO3S. The second-order valence-corrected chi connectivity index (χ2v) is 5.36. The number of hydrogen-bond acceptors (Lipinski definition) is 4. The molecule has 1 aromatic carbocycles. The van der Waals surface area contributed by atoms with Crippen LogP contribution in [-0.2, 0) is 9.53 Å². The third kappa shape index (κ3) is 4.69. The van der Waals surface area contributed by atoms with E-state index in [9.17, 15) is 9.90 Å². The zero-order chi connectivity index (χ0) is 12.8. The molecule has 1 aromatic rings. The second-order valence-electron chi connectivity index (χ2n) is 3.45. The monoisotopic (exact) mass is 318 g/mol. The van der Waals surface area contributed by atoms with Crippen molar-refractivity contribution in [1.82, 2.24) is 0 Å². The molecule has 0 fully saturated rings. The summed E-state index contributed by atoms with van der Waals surface area (Å²) in [5.74, 6) is 0.0853.